The molecule has 0 radical (unpaired) electrons. The van der Waals surface area contributed by atoms with E-state index in [-0.39, 0.29) is 23.0 Å². The van der Waals surface area contributed by atoms with Gasteiger partial charge in [-0.15, -0.1) is 0 Å². The average Bonchev–Trinajstić information content (AvgIpc) is 3.43. The predicted molar refractivity (Wildman–Crippen MR) is 170 cm³/mol. The van der Waals surface area contributed by atoms with Gasteiger partial charge in [-0.25, -0.2) is 0 Å². The lowest BCUT2D eigenvalue weighted by atomic mass is 9.94. The Balaban J connectivity index is 1.39. The predicted octanol–water partition coefficient (Wildman–Crippen LogP) is 7.42. The maximum atomic E-state index is 11.2. The molecule has 4 heterocycles. The fourth-order valence-corrected chi connectivity index (χ4v) is 6.57. The van der Waals surface area contributed by atoms with Gasteiger partial charge in [0.1, 0.15) is 11.0 Å². The fourth-order valence-electron chi connectivity index (χ4n) is 6.57. The summed E-state index contributed by atoms with van der Waals surface area (Å²) < 4.78 is 2.12. The molecule has 0 bridgehead atoms. The van der Waals surface area contributed by atoms with Crippen LogP contribution in [0.2, 0.25) is 0 Å². The standard InChI is InChI=1S/C35H40N4O4/c1-23-10-5-3-2-4-6-15-38(20-23)16-9-17-39-21-28(26-19-30(40)34(42)32-25(26)12-8-14-37-32)29(22-39)27-18-24-11-7-13-36-31(24)35(43)33(27)41/h7-8,11-14,18-19,21-23,40-43H,2-6,9-10,15-17,20H2,1H3. The van der Waals surface area contributed by atoms with Crippen LogP contribution in [0.15, 0.2) is 61.2 Å². The molecule has 43 heavy (non-hydrogen) atoms. The van der Waals surface area contributed by atoms with Crippen LogP contribution in [0.4, 0.5) is 0 Å². The summed E-state index contributed by atoms with van der Waals surface area (Å²) in [7, 11) is 0. The topological polar surface area (TPSA) is 115 Å². The van der Waals surface area contributed by atoms with Gasteiger partial charge in [-0.1, -0.05) is 44.7 Å². The number of aromatic hydroxyl groups is 4. The summed E-state index contributed by atoms with van der Waals surface area (Å²) in [6, 6.07) is 10.7. The van der Waals surface area contributed by atoms with E-state index in [1.165, 1.54) is 44.6 Å². The largest absolute Gasteiger partial charge is 0.504 e. The van der Waals surface area contributed by atoms with Gasteiger partial charge in [-0.05, 0) is 68.1 Å². The normalized spacial score (nSPS) is 17.0. The summed E-state index contributed by atoms with van der Waals surface area (Å²) in [5.74, 6) is -0.369. The van der Waals surface area contributed by atoms with Crippen LogP contribution >= 0.6 is 0 Å². The fraction of sp³-hybridized carbons (Fsp3) is 0.371. The zero-order chi connectivity index (χ0) is 29.9. The number of hydrogen-bond acceptors (Lipinski definition) is 7. The number of fused-ring (bicyclic) bond motifs is 2. The Morgan fingerprint density at radius 3 is 2.30 bits per heavy atom. The van der Waals surface area contributed by atoms with Crippen LogP contribution in [0, 0.1) is 5.92 Å². The van der Waals surface area contributed by atoms with Gasteiger partial charge in [0.15, 0.2) is 23.0 Å². The van der Waals surface area contributed by atoms with Crippen molar-refractivity contribution in [3.63, 3.8) is 0 Å². The molecule has 8 nitrogen and oxygen atoms in total. The van der Waals surface area contributed by atoms with Crippen LogP contribution in [0.1, 0.15) is 51.9 Å². The van der Waals surface area contributed by atoms with E-state index in [4.69, 9.17) is 0 Å². The molecule has 1 aliphatic heterocycles. The minimum Gasteiger partial charge on any atom is -0.504 e. The molecule has 0 saturated carbocycles. The van der Waals surface area contributed by atoms with E-state index in [2.05, 4.69) is 26.4 Å². The van der Waals surface area contributed by atoms with Gasteiger partial charge >= 0.3 is 0 Å². The third-order valence-corrected chi connectivity index (χ3v) is 8.78. The Bertz CT molecular complexity index is 1750. The van der Waals surface area contributed by atoms with Crippen molar-refractivity contribution in [2.75, 3.05) is 19.6 Å². The quantitative estimate of drug-likeness (QED) is 0.155. The van der Waals surface area contributed by atoms with E-state index in [9.17, 15) is 20.4 Å². The Labute approximate surface area is 251 Å². The number of benzene rings is 2. The van der Waals surface area contributed by atoms with E-state index in [0.717, 1.165) is 38.2 Å². The van der Waals surface area contributed by atoms with E-state index in [1.807, 2.05) is 30.6 Å². The molecule has 0 amide bonds. The number of aromatic nitrogens is 3. The molecule has 5 aromatic rings. The average molecular weight is 581 g/mol. The molecule has 1 aliphatic rings. The number of nitrogens with zero attached hydrogens (tertiary/aromatic N) is 4. The third kappa shape index (κ3) is 5.97. The van der Waals surface area contributed by atoms with Gasteiger partial charge in [0.25, 0.3) is 0 Å². The smallest absolute Gasteiger partial charge is 0.185 e. The van der Waals surface area contributed by atoms with Gasteiger partial charge in [0.05, 0.1) is 0 Å². The summed E-state index contributed by atoms with van der Waals surface area (Å²) in [6.45, 7) is 6.41. The molecule has 1 saturated heterocycles. The second-order valence-electron chi connectivity index (χ2n) is 12.0. The first kappa shape index (κ1) is 28.8. The molecular weight excluding hydrogens is 540 g/mol. The van der Waals surface area contributed by atoms with Gasteiger partial charge in [-0.2, -0.15) is 0 Å². The molecule has 224 valence electrons. The van der Waals surface area contributed by atoms with Crippen LogP contribution in [0.25, 0.3) is 44.1 Å². The van der Waals surface area contributed by atoms with E-state index in [1.54, 1.807) is 24.5 Å². The number of phenols is 4. The van der Waals surface area contributed by atoms with Crippen LogP contribution in [-0.2, 0) is 6.54 Å². The second-order valence-corrected chi connectivity index (χ2v) is 12.0. The zero-order valence-electron chi connectivity index (χ0n) is 24.7. The van der Waals surface area contributed by atoms with Crippen LogP contribution < -0.4 is 0 Å². The zero-order valence-corrected chi connectivity index (χ0v) is 24.7. The molecule has 4 N–H and O–H groups in total. The Morgan fingerprint density at radius 2 is 1.47 bits per heavy atom. The summed E-state index contributed by atoms with van der Waals surface area (Å²) >= 11 is 0. The van der Waals surface area contributed by atoms with E-state index >= 15 is 0 Å². The maximum Gasteiger partial charge on any atom is 0.185 e. The molecular formula is C35H40N4O4. The first-order valence-corrected chi connectivity index (χ1v) is 15.4. The van der Waals surface area contributed by atoms with Gasteiger partial charge in [-0.3, -0.25) is 9.97 Å². The van der Waals surface area contributed by atoms with Crippen molar-refractivity contribution in [3.8, 4) is 45.3 Å². The minimum atomic E-state index is -0.273. The summed E-state index contributed by atoms with van der Waals surface area (Å²) in [5.41, 5.74) is 3.20. The lowest BCUT2D eigenvalue weighted by Gasteiger charge is -2.27. The van der Waals surface area contributed by atoms with Crippen molar-refractivity contribution < 1.29 is 20.4 Å². The highest BCUT2D eigenvalue weighted by Gasteiger charge is 2.22. The van der Waals surface area contributed by atoms with Crippen molar-refractivity contribution >= 4 is 21.8 Å². The molecule has 0 aliphatic carbocycles. The molecule has 3 aromatic heterocycles. The van der Waals surface area contributed by atoms with Crippen molar-refractivity contribution in [1.82, 2.24) is 19.4 Å². The molecule has 6 rings (SSSR count). The van der Waals surface area contributed by atoms with Crippen LogP contribution in [0.3, 0.4) is 0 Å². The summed E-state index contributed by atoms with van der Waals surface area (Å²) in [5, 5.41) is 44.7. The van der Waals surface area contributed by atoms with E-state index in [0.29, 0.717) is 44.4 Å². The monoisotopic (exact) mass is 580 g/mol. The van der Waals surface area contributed by atoms with Crippen LogP contribution in [-0.4, -0.2) is 59.5 Å². The molecule has 1 fully saturated rings. The third-order valence-electron chi connectivity index (χ3n) is 8.78. The van der Waals surface area contributed by atoms with Gasteiger partial charge in [0.2, 0.25) is 0 Å². The maximum absolute atomic E-state index is 11.2. The van der Waals surface area contributed by atoms with Crippen molar-refractivity contribution in [2.45, 2.75) is 58.4 Å². The lowest BCUT2D eigenvalue weighted by Crippen LogP contribution is -2.31. The number of phenolic OH excluding ortho intramolecular Hbond substituents is 4. The Morgan fingerprint density at radius 1 is 0.744 bits per heavy atom. The number of pyridine rings is 2. The summed E-state index contributed by atoms with van der Waals surface area (Å²) in [4.78, 5) is 11.2. The molecule has 2 aromatic carbocycles. The number of hydrogen-bond donors (Lipinski definition) is 4. The van der Waals surface area contributed by atoms with Crippen molar-refractivity contribution in [1.29, 1.82) is 0 Å². The molecule has 1 unspecified atom stereocenters. The Hall–Kier alpha value is -4.30. The molecule has 1 atom stereocenters. The second kappa shape index (κ2) is 12.5. The first-order chi connectivity index (χ1) is 20.9. The summed E-state index contributed by atoms with van der Waals surface area (Å²) in [6.07, 6.45) is 16.0. The van der Waals surface area contributed by atoms with Crippen LogP contribution in [0.5, 0.6) is 23.0 Å². The SMILES string of the molecule is CC1CCCCCCCN(CCCn2cc(-c3cc4cccnc4c(O)c3O)c(-c3cc(O)c(O)c4ncccc34)c2)C1. The van der Waals surface area contributed by atoms with Gasteiger partial charge in [0, 0.05) is 65.3 Å². The highest BCUT2D eigenvalue weighted by atomic mass is 16.3. The number of aryl methyl sites for hydroxylation is 1. The highest BCUT2D eigenvalue weighted by molar-refractivity contribution is 6.04. The molecule has 0 spiro atoms. The highest BCUT2D eigenvalue weighted by Crippen LogP contribution is 2.47. The molecule has 8 heteroatoms. The van der Waals surface area contributed by atoms with Crippen molar-refractivity contribution in [3.05, 3.63) is 61.2 Å². The lowest BCUT2D eigenvalue weighted by molar-refractivity contribution is 0.214. The minimum absolute atomic E-state index is 0.253. The van der Waals surface area contributed by atoms with Crippen molar-refractivity contribution in [2.24, 2.45) is 5.92 Å². The number of rotatable bonds is 6. The van der Waals surface area contributed by atoms with E-state index < -0.39 is 0 Å². The first-order valence-electron chi connectivity index (χ1n) is 15.4. The Kier molecular flexibility index (Phi) is 8.38. The van der Waals surface area contributed by atoms with Gasteiger partial charge < -0.3 is 29.9 Å².